The van der Waals surface area contributed by atoms with Crippen molar-refractivity contribution in [2.24, 2.45) is 17.5 Å². The fraction of sp³-hybridized carbons (Fsp3) is 0.304. The number of pyridine rings is 2. The van der Waals surface area contributed by atoms with E-state index in [2.05, 4.69) is 20.7 Å². The lowest BCUT2D eigenvalue weighted by molar-refractivity contribution is -0.145. The quantitative estimate of drug-likeness (QED) is 0.218. The van der Waals surface area contributed by atoms with Gasteiger partial charge in [-0.2, -0.15) is 0 Å². The first-order chi connectivity index (χ1) is 16.3. The van der Waals surface area contributed by atoms with Gasteiger partial charge in [0.15, 0.2) is 0 Å². The van der Waals surface area contributed by atoms with Crippen LogP contribution in [0.5, 0.6) is 0 Å². The summed E-state index contributed by atoms with van der Waals surface area (Å²) in [5.74, 6) is 5.27. The summed E-state index contributed by atoms with van der Waals surface area (Å²) in [5, 5.41) is 24.1. The van der Waals surface area contributed by atoms with E-state index >= 15 is 0 Å². The number of aliphatic hydroxyl groups is 1. The largest absolute Gasteiger partial charge is 0.481 e. The SMILES string of the molecule is Cc1cc(Nc2cc(/C(N)=C/NN)ccn2)nc(-c2cnc(C3(O)CCC(C(=O)O)CC3)s2)c1. The van der Waals surface area contributed by atoms with Gasteiger partial charge in [0.25, 0.3) is 0 Å². The van der Waals surface area contributed by atoms with Crippen LogP contribution in [0.3, 0.4) is 0 Å². The number of hydrogen-bond acceptors (Lipinski definition) is 10. The van der Waals surface area contributed by atoms with Gasteiger partial charge in [-0.25, -0.2) is 15.0 Å². The zero-order valence-corrected chi connectivity index (χ0v) is 19.5. The molecule has 0 unspecified atom stereocenters. The van der Waals surface area contributed by atoms with Crippen LogP contribution in [0.1, 0.15) is 41.8 Å². The van der Waals surface area contributed by atoms with Crippen molar-refractivity contribution in [2.75, 3.05) is 5.32 Å². The Morgan fingerprint density at radius 2 is 2.00 bits per heavy atom. The minimum atomic E-state index is -1.10. The van der Waals surface area contributed by atoms with Crippen LogP contribution >= 0.6 is 11.3 Å². The van der Waals surface area contributed by atoms with E-state index in [1.807, 2.05) is 19.1 Å². The van der Waals surface area contributed by atoms with Crippen LogP contribution in [0.25, 0.3) is 16.3 Å². The number of aromatic nitrogens is 3. The minimum absolute atomic E-state index is 0.379. The Kier molecular flexibility index (Phi) is 6.77. The molecule has 3 aromatic rings. The molecule has 0 saturated heterocycles. The van der Waals surface area contributed by atoms with Crippen molar-refractivity contribution in [3.63, 3.8) is 0 Å². The second-order valence-electron chi connectivity index (χ2n) is 8.41. The lowest BCUT2D eigenvalue weighted by atomic mass is 9.79. The Labute approximate surface area is 200 Å². The molecule has 3 aromatic heterocycles. The molecule has 10 nitrogen and oxygen atoms in total. The van der Waals surface area contributed by atoms with Crippen LogP contribution in [0.4, 0.5) is 11.6 Å². The number of nitrogens with one attached hydrogen (secondary N) is 2. The van der Waals surface area contributed by atoms with Gasteiger partial charge in [0.1, 0.15) is 22.2 Å². The molecule has 3 heterocycles. The molecule has 0 aromatic carbocycles. The molecule has 0 spiro atoms. The standard InChI is InChI=1S/C23H27N7O3S/c1-13-8-17(18-12-27-22(34-18)23(33)5-2-14(3-6-23)21(31)32)29-20(9-13)30-19-10-15(4-7-26-19)16(24)11-28-25/h4,7-12,14,28,33H,2-3,5-6,24-25H2,1H3,(H,31,32)(H,26,29,30)/b16-11-. The van der Waals surface area contributed by atoms with Crippen molar-refractivity contribution in [1.29, 1.82) is 0 Å². The summed E-state index contributed by atoms with van der Waals surface area (Å²) in [6.45, 7) is 1.97. The molecule has 1 saturated carbocycles. The highest BCUT2D eigenvalue weighted by molar-refractivity contribution is 7.15. The topological polar surface area (TPSA) is 172 Å². The van der Waals surface area contributed by atoms with Gasteiger partial charge in [-0.3, -0.25) is 10.6 Å². The lowest BCUT2D eigenvalue weighted by Crippen LogP contribution is -2.33. The zero-order chi connectivity index (χ0) is 24.3. The van der Waals surface area contributed by atoms with Gasteiger partial charge in [-0.1, -0.05) is 0 Å². The van der Waals surface area contributed by atoms with E-state index in [4.69, 9.17) is 16.6 Å². The summed E-state index contributed by atoms with van der Waals surface area (Å²) in [6.07, 6.45) is 6.47. The zero-order valence-electron chi connectivity index (χ0n) is 18.7. The smallest absolute Gasteiger partial charge is 0.306 e. The van der Waals surface area contributed by atoms with Gasteiger partial charge in [-0.15, -0.1) is 11.3 Å². The van der Waals surface area contributed by atoms with E-state index in [0.29, 0.717) is 48.0 Å². The number of carbonyl (C=O) groups is 1. The average Bonchev–Trinajstić information content (AvgIpc) is 3.31. The highest BCUT2D eigenvalue weighted by Crippen LogP contribution is 2.42. The van der Waals surface area contributed by atoms with Crippen molar-refractivity contribution < 1.29 is 15.0 Å². The van der Waals surface area contributed by atoms with Gasteiger partial charge in [-0.05, 0) is 62.4 Å². The molecule has 11 heteroatoms. The van der Waals surface area contributed by atoms with Gasteiger partial charge >= 0.3 is 5.97 Å². The number of nitrogens with zero attached hydrogens (tertiary/aromatic N) is 3. The van der Waals surface area contributed by atoms with E-state index in [-0.39, 0.29) is 0 Å². The van der Waals surface area contributed by atoms with Crippen molar-refractivity contribution in [3.8, 4) is 10.6 Å². The second kappa shape index (κ2) is 9.75. The van der Waals surface area contributed by atoms with Crippen LogP contribution in [0.2, 0.25) is 0 Å². The molecule has 1 aliphatic rings. The predicted molar refractivity (Wildman–Crippen MR) is 131 cm³/mol. The van der Waals surface area contributed by atoms with Crippen LogP contribution in [0.15, 0.2) is 42.9 Å². The first kappa shape index (κ1) is 23.6. The van der Waals surface area contributed by atoms with Crippen molar-refractivity contribution >= 4 is 34.6 Å². The Bertz CT molecular complexity index is 1220. The molecule has 1 fully saturated rings. The Morgan fingerprint density at radius 1 is 1.24 bits per heavy atom. The highest BCUT2D eigenvalue weighted by atomic mass is 32.1. The third-order valence-corrected chi connectivity index (χ3v) is 7.09. The lowest BCUT2D eigenvalue weighted by Gasteiger charge is -2.32. The number of thiazole rings is 1. The van der Waals surface area contributed by atoms with Gasteiger partial charge in [0.2, 0.25) is 0 Å². The molecule has 1 aliphatic carbocycles. The Hall–Kier alpha value is -3.54. The molecule has 0 aliphatic heterocycles. The molecular weight excluding hydrogens is 454 g/mol. The third kappa shape index (κ3) is 5.16. The van der Waals surface area contributed by atoms with Crippen LogP contribution in [-0.4, -0.2) is 31.1 Å². The van der Waals surface area contributed by atoms with Crippen LogP contribution < -0.4 is 22.3 Å². The fourth-order valence-corrected chi connectivity index (χ4v) is 5.03. The Morgan fingerprint density at radius 3 is 2.71 bits per heavy atom. The van der Waals surface area contributed by atoms with Crippen molar-refractivity contribution in [2.45, 2.75) is 38.2 Å². The summed E-state index contributed by atoms with van der Waals surface area (Å²) in [6, 6.07) is 7.42. The number of carboxylic acid groups (broad SMARTS) is 1. The first-order valence-electron chi connectivity index (χ1n) is 10.8. The van der Waals surface area contributed by atoms with E-state index < -0.39 is 17.5 Å². The summed E-state index contributed by atoms with van der Waals surface area (Å²) in [5.41, 5.74) is 10.2. The van der Waals surface area contributed by atoms with Gasteiger partial charge in [0, 0.05) is 24.2 Å². The number of aryl methyl sites for hydroxylation is 1. The first-order valence-corrected chi connectivity index (χ1v) is 11.6. The van der Waals surface area contributed by atoms with E-state index in [1.165, 1.54) is 17.5 Å². The maximum atomic E-state index is 11.2. The highest BCUT2D eigenvalue weighted by Gasteiger charge is 2.39. The summed E-state index contributed by atoms with van der Waals surface area (Å²) >= 11 is 1.38. The molecule has 0 bridgehead atoms. The van der Waals surface area contributed by atoms with Gasteiger partial charge in [0.05, 0.1) is 22.2 Å². The molecule has 0 radical (unpaired) electrons. The summed E-state index contributed by atoms with van der Waals surface area (Å²) in [4.78, 5) is 25.6. The number of carboxylic acids is 1. The van der Waals surface area contributed by atoms with Crippen LogP contribution in [0, 0.1) is 12.8 Å². The molecule has 0 amide bonds. The normalized spacial score (nSPS) is 20.7. The van der Waals surface area contributed by atoms with E-state index in [1.54, 1.807) is 24.5 Å². The molecular formula is C23H27N7O3S. The maximum absolute atomic E-state index is 11.2. The van der Waals surface area contributed by atoms with E-state index in [0.717, 1.165) is 21.7 Å². The number of anilines is 2. The Balaban J connectivity index is 1.55. The van der Waals surface area contributed by atoms with Gasteiger partial charge < -0.3 is 26.7 Å². The number of hydrazine groups is 1. The predicted octanol–water partition coefficient (Wildman–Crippen LogP) is 2.83. The molecule has 0 atom stereocenters. The minimum Gasteiger partial charge on any atom is -0.481 e. The second-order valence-corrected chi connectivity index (χ2v) is 9.44. The number of aliphatic carboxylic acids is 1. The number of rotatable bonds is 7. The third-order valence-electron chi connectivity index (χ3n) is 5.88. The molecule has 34 heavy (non-hydrogen) atoms. The molecule has 8 N–H and O–H groups in total. The van der Waals surface area contributed by atoms with Crippen molar-refractivity contribution in [1.82, 2.24) is 20.4 Å². The van der Waals surface area contributed by atoms with E-state index in [9.17, 15) is 15.0 Å². The maximum Gasteiger partial charge on any atom is 0.306 e. The molecule has 178 valence electrons. The fourth-order valence-electron chi connectivity index (χ4n) is 4.00. The van der Waals surface area contributed by atoms with Crippen LogP contribution in [-0.2, 0) is 10.4 Å². The molecule has 4 rings (SSSR count). The van der Waals surface area contributed by atoms with Crippen molar-refractivity contribution in [3.05, 3.63) is 59.0 Å². The number of nitrogens with two attached hydrogens (primary N) is 2. The number of hydrogen-bond donors (Lipinski definition) is 6. The summed E-state index contributed by atoms with van der Waals surface area (Å²) in [7, 11) is 0. The summed E-state index contributed by atoms with van der Waals surface area (Å²) < 4.78 is 0. The monoisotopic (exact) mass is 481 g/mol. The average molecular weight is 482 g/mol.